The number of benzene rings is 1. The van der Waals surface area contributed by atoms with Gasteiger partial charge in [-0.2, -0.15) is 0 Å². The zero-order valence-electron chi connectivity index (χ0n) is 10.3. The molecule has 2 aromatic rings. The molecule has 0 atom stereocenters. The number of nitrogens with zero attached hydrogens (tertiary/aromatic N) is 1. The Morgan fingerprint density at radius 2 is 2.06 bits per heavy atom. The number of carbonyl (C=O) groups excluding carboxylic acids is 1. The molecule has 0 unspecified atom stereocenters. The Morgan fingerprint density at radius 3 is 2.72 bits per heavy atom. The molecular weight excluding hydrogens is 228 g/mol. The van der Waals surface area contributed by atoms with E-state index < -0.39 is 0 Å². The third-order valence-electron chi connectivity index (χ3n) is 2.71. The minimum atomic E-state index is -0.214. The largest absolute Gasteiger partial charge is 0.508 e. The van der Waals surface area contributed by atoms with E-state index in [1.807, 2.05) is 6.92 Å². The maximum absolute atomic E-state index is 12.0. The van der Waals surface area contributed by atoms with Crippen molar-refractivity contribution in [3.05, 3.63) is 53.3 Å². The highest BCUT2D eigenvalue weighted by atomic mass is 16.3. The normalized spacial score (nSPS) is 10.1. The predicted molar refractivity (Wildman–Crippen MR) is 69.8 cm³/mol. The van der Waals surface area contributed by atoms with Crippen molar-refractivity contribution in [2.75, 3.05) is 5.32 Å². The summed E-state index contributed by atoms with van der Waals surface area (Å²) in [5.74, 6) is -0.0293. The van der Waals surface area contributed by atoms with E-state index in [2.05, 4.69) is 10.3 Å². The molecule has 18 heavy (non-hydrogen) atoms. The molecule has 0 saturated heterocycles. The molecule has 2 N–H and O–H groups in total. The van der Waals surface area contributed by atoms with Crippen LogP contribution in [0.15, 0.2) is 36.5 Å². The van der Waals surface area contributed by atoms with E-state index in [1.165, 1.54) is 6.07 Å². The summed E-state index contributed by atoms with van der Waals surface area (Å²) in [7, 11) is 0. The molecule has 0 bridgehead atoms. The fraction of sp³-hybridized carbons (Fsp3) is 0.143. The predicted octanol–water partition coefficient (Wildman–Crippen LogP) is 2.66. The van der Waals surface area contributed by atoms with Crippen LogP contribution in [0.3, 0.4) is 0 Å². The van der Waals surface area contributed by atoms with E-state index in [0.29, 0.717) is 16.8 Å². The highest BCUT2D eigenvalue weighted by molar-refractivity contribution is 6.04. The molecule has 0 aliphatic rings. The van der Waals surface area contributed by atoms with Crippen LogP contribution in [0.2, 0.25) is 0 Å². The Balaban J connectivity index is 2.22. The van der Waals surface area contributed by atoms with Gasteiger partial charge in [-0.25, -0.2) is 0 Å². The molecular formula is C14H14N2O2. The first-order valence-corrected chi connectivity index (χ1v) is 5.60. The molecule has 1 amide bonds. The van der Waals surface area contributed by atoms with Crippen molar-refractivity contribution in [2.45, 2.75) is 13.8 Å². The smallest absolute Gasteiger partial charge is 0.255 e. The molecule has 2 rings (SSSR count). The quantitative estimate of drug-likeness (QED) is 0.851. The van der Waals surface area contributed by atoms with Crippen molar-refractivity contribution >= 4 is 11.6 Å². The standard InChI is InChI=1S/C14H14N2O2/c1-9-8-11(5-6-13(9)17)14(18)16-12-4-3-7-15-10(12)2/h3-8,17H,1-2H3,(H,16,18). The first-order chi connectivity index (χ1) is 8.58. The highest BCUT2D eigenvalue weighted by Crippen LogP contribution is 2.18. The molecule has 4 nitrogen and oxygen atoms in total. The van der Waals surface area contributed by atoms with Gasteiger partial charge in [0, 0.05) is 11.8 Å². The van der Waals surface area contributed by atoms with Crippen LogP contribution in [0.4, 0.5) is 5.69 Å². The lowest BCUT2D eigenvalue weighted by atomic mass is 10.1. The van der Waals surface area contributed by atoms with Gasteiger partial charge in [0.2, 0.25) is 0 Å². The topological polar surface area (TPSA) is 62.2 Å². The van der Waals surface area contributed by atoms with Crippen LogP contribution in [0.25, 0.3) is 0 Å². The van der Waals surface area contributed by atoms with E-state index >= 15 is 0 Å². The Bertz CT molecular complexity index is 594. The maximum Gasteiger partial charge on any atom is 0.255 e. The van der Waals surface area contributed by atoms with Gasteiger partial charge in [0.15, 0.2) is 0 Å². The summed E-state index contributed by atoms with van der Waals surface area (Å²) in [5.41, 5.74) is 2.63. The summed E-state index contributed by atoms with van der Waals surface area (Å²) in [5, 5.41) is 12.2. The molecule has 0 fully saturated rings. The Morgan fingerprint density at radius 1 is 1.28 bits per heavy atom. The molecule has 1 aromatic heterocycles. The van der Waals surface area contributed by atoms with Crippen LogP contribution in [-0.2, 0) is 0 Å². The average Bonchev–Trinajstić information content (AvgIpc) is 2.35. The molecule has 1 heterocycles. The van der Waals surface area contributed by atoms with E-state index in [9.17, 15) is 9.90 Å². The van der Waals surface area contributed by atoms with Crippen molar-refractivity contribution in [1.29, 1.82) is 0 Å². The van der Waals surface area contributed by atoms with Gasteiger partial charge < -0.3 is 10.4 Å². The lowest BCUT2D eigenvalue weighted by Gasteiger charge is -2.08. The number of hydrogen-bond acceptors (Lipinski definition) is 3. The molecule has 0 spiro atoms. The van der Waals surface area contributed by atoms with Gasteiger partial charge in [-0.3, -0.25) is 9.78 Å². The molecule has 92 valence electrons. The zero-order valence-corrected chi connectivity index (χ0v) is 10.3. The van der Waals surface area contributed by atoms with Crippen molar-refractivity contribution < 1.29 is 9.90 Å². The minimum absolute atomic E-state index is 0.184. The van der Waals surface area contributed by atoms with Crippen molar-refractivity contribution in [3.63, 3.8) is 0 Å². The number of hydrogen-bond donors (Lipinski definition) is 2. The van der Waals surface area contributed by atoms with Crippen LogP contribution in [-0.4, -0.2) is 16.0 Å². The first kappa shape index (κ1) is 12.1. The number of phenolic OH excluding ortho intramolecular Hbond substituents is 1. The van der Waals surface area contributed by atoms with Gasteiger partial charge in [-0.1, -0.05) is 0 Å². The van der Waals surface area contributed by atoms with Gasteiger partial charge in [-0.15, -0.1) is 0 Å². The van der Waals surface area contributed by atoms with Crippen LogP contribution in [0.1, 0.15) is 21.6 Å². The molecule has 0 radical (unpaired) electrons. The van der Waals surface area contributed by atoms with Crippen molar-refractivity contribution in [1.82, 2.24) is 4.98 Å². The SMILES string of the molecule is Cc1cc(C(=O)Nc2cccnc2C)ccc1O. The second-order valence-electron chi connectivity index (χ2n) is 4.09. The third kappa shape index (κ3) is 2.48. The molecule has 0 aliphatic heterocycles. The lowest BCUT2D eigenvalue weighted by Crippen LogP contribution is -2.13. The van der Waals surface area contributed by atoms with Gasteiger partial charge in [0.25, 0.3) is 5.91 Å². The number of aromatic hydroxyl groups is 1. The van der Waals surface area contributed by atoms with Gasteiger partial charge >= 0.3 is 0 Å². The second-order valence-corrected chi connectivity index (χ2v) is 4.09. The Hall–Kier alpha value is -2.36. The number of phenols is 1. The van der Waals surface area contributed by atoms with E-state index in [0.717, 1.165) is 5.69 Å². The van der Waals surface area contributed by atoms with Crippen LogP contribution < -0.4 is 5.32 Å². The van der Waals surface area contributed by atoms with E-state index in [1.54, 1.807) is 37.4 Å². The Labute approximate surface area is 105 Å². The maximum atomic E-state index is 12.0. The van der Waals surface area contributed by atoms with Crippen LogP contribution in [0.5, 0.6) is 5.75 Å². The fourth-order valence-electron chi connectivity index (χ4n) is 1.61. The number of anilines is 1. The van der Waals surface area contributed by atoms with E-state index in [4.69, 9.17) is 0 Å². The number of pyridine rings is 1. The highest BCUT2D eigenvalue weighted by Gasteiger charge is 2.09. The number of aromatic nitrogens is 1. The summed E-state index contributed by atoms with van der Waals surface area (Å²) in [4.78, 5) is 16.1. The molecule has 0 aliphatic carbocycles. The minimum Gasteiger partial charge on any atom is -0.508 e. The number of aryl methyl sites for hydroxylation is 2. The fourth-order valence-corrected chi connectivity index (χ4v) is 1.61. The molecule has 4 heteroatoms. The number of rotatable bonds is 2. The van der Waals surface area contributed by atoms with Gasteiger partial charge in [0.05, 0.1) is 11.4 Å². The number of nitrogens with one attached hydrogen (secondary N) is 1. The van der Waals surface area contributed by atoms with Crippen LogP contribution in [0, 0.1) is 13.8 Å². The van der Waals surface area contributed by atoms with Crippen LogP contribution >= 0.6 is 0 Å². The number of carbonyl (C=O) groups is 1. The number of amides is 1. The van der Waals surface area contributed by atoms with Crippen molar-refractivity contribution in [3.8, 4) is 5.75 Å². The third-order valence-corrected chi connectivity index (χ3v) is 2.71. The van der Waals surface area contributed by atoms with Gasteiger partial charge in [0.1, 0.15) is 5.75 Å². The monoisotopic (exact) mass is 242 g/mol. The summed E-state index contributed by atoms with van der Waals surface area (Å²) in [6.45, 7) is 3.58. The molecule has 1 aromatic carbocycles. The summed E-state index contributed by atoms with van der Waals surface area (Å²) < 4.78 is 0. The summed E-state index contributed by atoms with van der Waals surface area (Å²) in [6.07, 6.45) is 1.68. The zero-order chi connectivity index (χ0) is 13.1. The summed E-state index contributed by atoms with van der Waals surface area (Å²) >= 11 is 0. The first-order valence-electron chi connectivity index (χ1n) is 5.60. The molecule has 0 saturated carbocycles. The van der Waals surface area contributed by atoms with Gasteiger partial charge in [-0.05, 0) is 49.7 Å². The Kier molecular flexibility index (Phi) is 3.28. The van der Waals surface area contributed by atoms with E-state index in [-0.39, 0.29) is 11.7 Å². The lowest BCUT2D eigenvalue weighted by molar-refractivity contribution is 0.102. The average molecular weight is 242 g/mol. The summed E-state index contributed by atoms with van der Waals surface area (Å²) in [6, 6.07) is 8.32. The second kappa shape index (κ2) is 4.87. The van der Waals surface area contributed by atoms with Crippen molar-refractivity contribution in [2.24, 2.45) is 0 Å².